The Morgan fingerprint density at radius 3 is 2.48 bits per heavy atom. The second-order valence-corrected chi connectivity index (χ2v) is 5.11. The van der Waals surface area contributed by atoms with Gasteiger partial charge in [-0.05, 0) is 51.8 Å². The van der Waals surface area contributed by atoms with E-state index >= 15 is 0 Å². The van der Waals surface area contributed by atoms with Crippen molar-refractivity contribution in [2.75, 3.05) is 11.9 Å². The average Bonchev–Trinajstić information content (AvgIpc) is 2.52. The van der Waals surface area contributed by atoms with E-state index in [-0.39, 0.29) is 6.61 Å². The molecule has 0 amide bonds. The van der Waals surface area contributed by atoms with Crippen molar-refractivity contribution in [1.29, 1.82) is 10.5 Å². The van der Waals surface area contributed by atoms with Crippen molar-refractivity contribution in [2.24, 2.45) is 0 Å². The van der Waals surface area contributed by atoms with Gasteiger partial charge in [-0.3, -0.25) is 0 Å². The molecule has 4 nitrogen and oxygen atoms in total. The van der Waals surface area contributed by atoms with Gasteiger partial charge in [0.2, 0.25) is 0 Å². The van der Waals surface area contributed by atoms with E-state index in [2.05, 4.69) is 27.3 Å². The van der Waals surface area contributed by atoms with Crippen LogP contribution in [0.15, 0.2) is 46.9 Å². The lowest BCUT2D eigenvalue weighted by Crippen LogP contribution is -2.00. The van der Waals surface area contributed by atoms with Crippen molar-refractivity contribution in [3.63, 3.8) is 0 Å². The summed E-state index contributed by atoms with van der Waals surface area (Å²) < 4.78 is 6.05. The smallest absolute Gasteiger partial charge is 0.174 e. The lowest BCUT2D eigenvalue weighted by molar-refractivity contribution is 0.368. The topological polar surface area (TPSA) is 68.8 Å². The molecule has 0 radical (unpaired) electrons. The molecule has 0 saturated heterocycles. The summed E-state index contributed by atoms with van der Waals surface area (Å²) >= 11 is 3.44. The summed E-state index contributed by atoms with van der Waals surface area (Å²) in [6, 6.07) is 17.0. The molecular weight excluding hydrogens is 330 g/mol. The number of anilines is 1. The molecule has 104 valence electrons. The molecule has 21 heavy (non-hydrogen) atoms. The summed E-state index contributed by atoms with van der Waals surface area (Å²) in [6.45, 7) is 0.707. The van der Waals surface area contributed by atoms with Gasteiger partial charge in [0, 0.05) is 16.7 Å². The van der Waals surface area contributed by atoms with Gasteiger partial charge in [0.15, 0.2) is 6.61 Å². The van der Waals surface area contributed by atoms with E-state index in [1.165, 1.54) is 0 Å². The minimum Gasteiger partial charge on any atom is -0.479 e. The van der Waals surface area contributed by atoms with Gasteiger partial charge in [-0.15, -0.1) is 0 Å². The highest BCUT2D eigenvalue weighted by molar-refractivity contribution is 9.10. The fourth-order valence-electron chi connectivity index (χ4n) is 1.74. The molecule has 5 heteroatoms. The normalized spacial score (nSPS) is 9.48. The number of ether oxygens (including phenoxy) is 1. The number of nitriles is 2. The number of benzene rings is 2. The van der Waals surface area contributed by atoms with E-state index < -0.39 is 0 Å². The lowest BCUT2D eigenvalue weighted by atomic mass is 10.2. The molecule has 0 saturated carbocycles. The Bertz CT molecular complexity index is 699. The van der Waals surface area contributed by atoms with Crippen LogP contribution < -0.4 is 10.1 Å². The maximum absolute atomic E-state index is 8.83. The monoisotopic (exact) mass is 341 g/mol. The fraction of sp³-hybridized carbons (Fsp3) is 0.125. The SMILES string of the molecule is N#CCOc1ccc(CNc2ccc(C#N)cc2Br)cc1. The largest absolute Gasteiger partial charge is 0.479 e. The van der Waals surface area contributed by atoms with Crippen LogP contribution in [0.25, 0.3) is 0 Å². The van der Waals surface area contributed by atoms with E-state index in [4.69, 9.17) is 15.3 Å². The van der Waals surface area contributed by atoms with Crippen LogP contribution in [-0.2, 0) is 6.54 Å². The number of nitrogens with zero attached hydrogens (tertiary/aromatic N) is 2. The number of halogens is 1. The standard InChI is InChI=1S/C16H12BrN3O/c17-15-9-13(10-19)3-6-16(15)20-11-12-1-4-14(5-2-12)21-8-7-18/h1-6,9,20H,8,11H2. The Balaban J connectivity index is 1.97. The third-order valence-corrected chi connectivity index (χ3v) is 3.46. The van der Waals surface area contributed by atoms with Crippen LogP contribution in [0.4, 0.5) is 5.69 Å². The molecule has 0 fully saturated rings. The summed E-state index contributed by atoms with van der Waals surface area (Å²) in [6.07, 6.45) is 0. The van der Waals surface area contributed by atoms with Crippen LogP contribution in [0.5, 0.6) is 5.75 Å². The lowest BCUT2D eigenvalue weighted by Gasteiger charge is -2.09. The average molecular weight is 342 g/mol. The van der Waals surface area contributed by atoms with Gasteiger partial charge >= 0.3 is 0 Å². The maximum Gasteiger partial charge on any atom is 0.174 e. The highest BCUT2D eigenvalue weighted by atomic mass is 79.9. The summed E-state index contributed by atoms with van der Waals surface area (Å²) in [4.78, 5) is 0. The summed E-state index contributed by atoms with van der Waals surface area (Å²) in [7, 11) is 0. The minimum atomic E-state index is 0.0514. The van der Waals surface area contributed by atoms with Crippen LogP contribution in [0, 0.1) is 22.7 Å². The van der Waals surface area contributed by atoms with Crippen molar-refractivity contribution < 1.29 is 4.74 Å². The molecule has 0 spiro atoms. The van der Waals surface area contributed by atoms with E-state index in [0.29, 0.717) is 17.9 Å². The Hall–Kier alpha value is -2.50. The summed E-state index contributed by atoms with van der Waals surface area (Å²) in [5.41, 5.74) is 2.64. The minimum absolute atomic E-state index is 0.0514. The molecule has 0 atom stereocenters. The first kappa shape index (κ1) is 14.9. The first-order chi connectivity index (χ1) is 10.2. The first-order valence-corrected chi connectivity index (χ1v) is 7.04. The zero-order valence-electron chi connectivity index (χ0n) is 11.1. The molecule has 2 aromatic rings. The molecule has 0 bridgehead atoms. The first-order valence-electron chi connectivity index (χ1n) is 6.25. The number of rotatable bonds is 5. The molecule has 2 rings (SSSR count). The van der Waals surface area contributed by atoms with Gasteiger partial charge in [-0.1, -0.05) is 12.1 Å². The van der Waals surface area contributed by atoms with Crippen LogP contribution in [0.1, 0.15) is 11.1 Å². The Morgan fingerprint density at radius 2 is 1.86 bits per heavy atom. The molecule has 0 aromatic heterocycles. The molecule has 0 unspecified atom stereocenters. The maximum atomic E-state index is 8.83. The van der Waals surface area contributed by atoms with Gasteiger partial charge < -0.3 is 10.1 Å². The molecule has 0 aliphatic rings. The zero-order valence-corrected chi connectivity index (χ0v) is 12.7. The zero-order chi connectivity index (χ0) is 15.1. The summed E-state index contributed by atoms with van der Waals surface area (Å²) in [5, 5.41) is 20.6. The molecule has 2 aromatic carbocycles. The number of hydrogen-bond donors (Lipinski definition) is 1. The van der Waals surface area contributed by atoms with E-state index in [0.717, 1.165) is 15.7 Å². The third kappa shape index (κ3) is 4.24. The van der Waals surface area contributed by atoms with Gasteiger partial charge in [-0.25, -0.2) is 0 Å². The van der Waals surface area contributed by atoms with E-state index in [1.54, 1.807) is 12.1 Å². The molecular formula is C16H12BrN3O. The van der Waals surface area contributed by atoms with Crippen molar-refractivity contribution in [3.8, 4) is 17.9 Å². The Kier molecular flexibility index (Phi) is 5.20. The highest BCUT2D eigenvalue weighted by Gasteiger charge is 2.02. The second-order valence-electron chi connectivity index (χ2n) is 4.25. The Morgan fingerprint density at radius 1 is 1.10 bits per heavy atom. The number of nitrogens with one attached hydrogen (secondary N) is 1. The van der Waals surface area contributed by atoms with Gasteiger partial charge in [-0.2, -0.15) is 10.5 Å². The van der Waals surface area contributed by atoms with Crippen molar-refractivity contribution in [1.82, 2.24) is 0 Å². The van der Waals surface area contributed by atoms with Gasteiger partial charge in [0.05, 0.1) is 11.6 Å². The second kappa shape index (κ2) is 7.33. The van der Waals surface area contributed by atoms with Gasteiger partial charge in [0.25, 0.3) is 0 Å². The van der Waals surface area contributed by atoms with Crippen LogP contribution in [-0.4, -0.2) is 6.61 Å². The molecule has 0 heterocycles. The van der Waals surface area contributed by atoms with Crippen LogP contribution in [0.2, 0.25) is 0 Å². The third-order valence-electron chi connectivity index (χ3n) is 2.81. The molecule has 0 aliphatic carbocycles. The van der Waals surface area contributed by atoms with Gasteiger partial charge in [0.1, 0.15) is 11.8 Å². The highest BCUT2D eigenvalue weighted by Crippen LogP contribution is 2.24. The van der Waals surface area contributed by atoms with E-state index in [1.807, 2.05) is 36.4 Å². The van der Waals surface area contributed by atoms with Crippen LogP contribution >= 0.6 is 15.9 Å². The molecule has 1 N–H and O–H groups in total. The van der Waals surface area contributed by atoms with E-state index in [9.17, 15) is 0 Å². The molecule has 0 aliphatic heterocycles. The number of hydrogen-bond acceptors (Lipinski definition) is 4. The fourth-order valence-corrected chi connectivity index (χ4v) is 2.26. The van der Waals surface area contributed by atoms with Crippen molar-refractivity contribution >= 4 is 21.6 Å². The predicted molar refractivity (Wildman–Crippen MR) is 83.7 cm³/mol. The predicted octanol–water partition coefficient (Wildman–Crippen LogP) is 3.84. The quantitative estimate of drug-likeness (QED) is 0.896. The van der Waals surface area contributed by atoms with Crippen molar-refractivity contribution in [2.45, 2.75) is 6.54 Å². The van der Waals surface area contributed by atoms with Crippen molar-refractivity contribution in [3.05, 3.63) is 58.1 Å². The summed E-state index contributed by atoms with van der Waals surface area (Å²) in [5.74, 6) is 0.680. The van der Waals surface area contributed by atoms with Crippen LogP contribution in [0.3, 0.4) is 0 Å². The Labute approximate surface area is 131 Å².